The Morgan fingerprint density at radius 2 is 2.56 bits per heavy atom. The number of aliphatic hydroxyl groups is 1. The van der Waals surface area contributed by atoms with E-state index in [0.717, 1.165) is 0 Å². The molecular weight excluding hydrogens is 120 g/mol. The van der Waals surface area contributed by atoms with Crippen molar-refractivity contribution < 1.29 is 14.6 Å². The molecule has 2 atom stereocenters. The van der Waals surface area contributed by atoms with Gasteiger partial charge in [-0.1, -0.05) is 6.92 Å². The van der Waals surface area contributed by atoms with Gasteiger partial charge < -0.3 is 9.84 Å². The lowest BCUT2D eigenvalue weighted by atomic mass is 10.0. The zero-order valence-electron chi connectivity index (χ0n) is 5.33. The third-order valence-electron chi connectivity index (χ3n) is 1.60. The molecule has 0 radical (unpaired) electrons. The van der Waals surface area contributed by atoms with Crippen LogP contribution in [0.15, 0.2) is 0 Å². The number of carbonyl (C=O) groups excluding carboxylic acids is 1. The fourth-order valence-corrected chi connectivity index (χ4v) is 0.987. The summed E-state index contributed by atoms with van der Waals surface area (Å²) in [6, 6.07) is 0. The number of hydrogen-bond acceptors (Lipinski definition) is 3. The van der Waals surface area contributed by atoms with Crippen molar-refractivity contribution in [3.63, 3.8) is 0 Å². The highest BCUT2D eigenvalue weighted by Gasteiger charge is 2.33. The normalized spacial score (nSPS) is 34.7. The molecule has 0 saturated carbocycles. The lowest BCUT2D eigenvalue weighted by Crippen LogP contribution is -2.19. The molecule has 0 spiro atoms. The summed E-state index contributed by atoms with van der Waals surface area (Å²) < 4.78 is 4.58. The van der Waals surface area contributed by atoms with E-state index in [1.54, 1.807) is 0 Å². The minimum absolute atomic E-state index is 0.178. The van der Waals surface area contributed by atoms with E-state index in [1.807, 2.05) is 6.92 Å². The summed E-state index contributed by atoms with van der Waals surface area (Å²) in [6.45, 7) is 2.04. The maximum atomic E-state index is 10.6. The molecule has 0 aromatic heterocycles. The Balaban J connectivity index is 2.55. The number of cyclic esters (lactones) is 1. The molecule has 1 aliphatic heterocycles. The van der Waals surface area contributed by atoms with Crippen molar-refractivity contribution in [1.29, 1.82) is 0 Å². The van der Waals surface area contributed by atoms with Gasteiger partial charge in [0.05, 0.1) is 5.92 Å². The van der Waals surface area contributed by atoms with Crippen molar-refractivity contribution in [2.75, 3.05) is 6.61 Å². The summed E-state index contributed by atoms with van der Waals surface area (Å²) in [6.07, 6.45) is 0.0995. The van der Waals surface area contributed by atoms with Gasteiger partial charge in [-0.3, -0.25) is 4.79 Å². The molecule has 1 N–H and O–H groups in total. The second-order valence-corrected chi connectivity index (χ2v) is 2.21. The van der Waals surface area contributed by atoms with Gasteiger partial charge in [-0.05, 0) is 6.42 Å². The average molecular weight is 130 g/mol. The van der Waals surface area contributed by atoms with Crippen LogP contribution in [0.5, 0.6) is 0 Å². The van der Waals surface area contributed by atoms with Gasteiger partial charge in [-0.15, -0.1) is 0 Å². The molecule has 3 nitrogen and oxygen atoms in total. The number of esters is 1. The van der Waals surface area contributed by atoms with Crippen LogP contribution >= 0.6 is 0 Å². The smallest absolute Gasteiger partial charge is 0.311 e. The lowest BCUT2D eigenvalue weighted by molar-refractivity contribution is -0.141. The average Bonchev–Trinajstić information content (AvgIpc) is 2.12. The molecule has 1 rings (SSSR count). The Morgan fingerprint density at radius 1 is 1.89 bits per heavy atom. The fraction of sp³-hybridized carbons (Fsp3) is 0.833. The van der Waals surface area contributed by atoms with Crippen molar-refractivity contribution in [2.24, 2.45) is 5.92 Å². The van der Waals surface area contributed by atoms with Crippen molar-refractivity contribution in [2.45, 2.75) is 19.4 Å². The van der Waals surface area contributed by atoms with E-state index in [2.05, 4.69) is 4.74 Å². The first-order valence-electron chi connectivity index (χ1n) is 3.10. The minimum Gasteiger partial charge on any atom is -0.463 e. The standard InChI is InChI=1S/C6H10O3/c1-2-4-5(7)3-9-6(4)8/h4-5,7H,2-3H2,1H3/t4-,5?/m1/s1. The fourth-order valence-electron chi connectivity index (χ4n) is 0.987. The van der Waals surface area contributed by atoms with Crippen LogP contribution in [-0.4, -0.2) is 23.8 Å². The van der Waals surface area contributed by atoms with E-state index in [-0.39, 0.29) is 18.5 Å². The summed E-state index contributed by atoms with van der Waals surface area (Å²) in [5, 5.41) is 9.01. The SMILES string of the molecule is CC[C@H]1C(=O)OCC1O. The van der Waals surface area contributed by atoms with Crippen LogP contribution in [0.4, 0.5) is 0 Å². The predicted octanol–water partition coefficient (Wildman–Crippen LogP) is -0.0697. The third-order valence-corrected chi connectivity index (χ3v) is 1.60. The predicted molar refractivity (Wildman–Crippen MR) is 30.7 cm³/mol. The zero-order valence-corrected chi connectivity index (χ0v) is 5.33. The van der Waals surface area contributed by atoms with Crippen LogP contribution in [0.2, 0.25) is 0 Å². The van der Waals surface area contributed by atoms with Gasteiger partial charge in [-0.25, -0.2) is 0 Å². The highest BCUT2D eigenvalue weighted by atomic mass is 16.6. The van der Waals surface area contributed by atoms with Gasteiger partial charge >= 0.3 is 5.97 Å². The second-order valence-electron chi connectivity index (χ2n) is 2.21. The van der Waals surface area contributed by atoms with E-state index in [9.17, 15) is 4.79 Å². The lowest BCUT2D eigenvalue weighted by Gasteiger charge is -2.03. The number of carbonyl (C=O) groups is 1. The number of ether oxygens (including phenoxy) is 1. The largest absolute Gasteiger partial charge is 0.463 e. The van der Waals surface area contributed by atoms with Crippen LogP contribution in [0, 0.1) is 5.92 Å². The molecule has 1 heterocycles. The summed E-state index contributed by atoms with van der Waals surface area (Å²) in [5.41, 5.74) is 0. The van der Waals surface area contributed by atoms with Gasteiger partial charge in [-0.2, -0.15) is 0 Å². The van der Waals surface area contributed by atoms with Gasteiger partial charge in [0, 0.05) is 0 Å². The molecule has 1 aliphatic rings. The summed E-state index contributed by atoms with van der Waals surface area (Å²) in [7, 11) is 0. The first-order valence-corrected chi connectivity index (χ1v) is 3.10. The van der Waals surface area contributed by atoms with Gasteiger partial charge in [0.15, 0.2) is 0 Å². The Labute approximate surface area is 53.6 Å². The van der Waals surface area contributed by atoms with Crippen LogP contribution in [0.1, 0.15) is 13.3 Å². The maximum absolute atomic E-state index is 10.6. The molecule has 3 heteroatoms. The van der Waals surface area contributed by atoms with E-state index < -0.39 is 6.10 Å². The van der Waals surface area contributed by atoms with Crippen molar-refractivity contribution in [3.8, 4) is 0 Å². The Morgan fingerprint density at radius 3 is 2.78 bits per heavy atom. The topological polar surface area (TPSA) is 46.5 Å². The monoisotopic (exact) mass is 130 g/mol. The van der Waals surface area contributed by atoms with Gasteiger partial charge in [0.25, 0.3) is 0 Å². The Bertz CT molecular complexity index is 121. The highest BCUT2D eigenvalue weighted by Crippen LogP contribution is 2.17. The van der Waals surface area contributed by atoms with Crippen LogP contribution in [-0.2, 0) is 9.53 Å². The molecule has 1 fully saturated rings. The summed E-state index contributed by atoms with van der Waals surface area (Å²) >= 11 is 0. The molecular formula is C6H10O3. The second kappa shape index (κ2) is 2.35. The van der Waals surface area contributed by atoms with E-state index >= 15 is 0 Å². The minimum atomic E-state index is -0.567. The van der Waals surface area contributed by atoms with Gasteiger partial charge in [0.2, 0.25) is 0 Å². The molecule has 0 bridgehead atoms. The quantitative estimate of drug-likeness (QED) is 0.505. The molecule has 9 heavy (non-hydrogen) atoms. The molecule has 0 aliphatic carbocycles. The molecule has 1 unspecified atom stereocenters. The van der Waals surface area contributed by atoms with Crippen molar-refractivity contribution in [3.05, 3.63) is 0 Å². The Hall–Kier alpha value is -0.570. The maximum Gasteiger partial charge on any atom is 0.311 e. The van der Waals surface area contributed by atoms with Crippen molar-refractivity contribution in [1.82, 2.24) is 0 Å². The number of aliphatic hydroxyl groups excluding tert-OH is 1. The van der Waals surface area contributed by atoms with E-state index in [1.165, 1.54) is 0 Å². The molecule has 0 aromatic carbocycles. The first kappa shape index (κ1) is 6.55. The molecule has 0 amide bonds. The number of hydrogen-bond donors (Lipinski definition) is 1. The molecule has 1 saturated heterocycles. The highest BCUT2D eigenvalue weighted by molar-refractivity contribution is 5.74. The number of rotatable bonds is 1. The Kier molecular flexibility index (Phi) is 1.71. The molecule has 0 aromatic rings. The van der Waals surface area contributed by atoms with Gasteiger partial charge in [0.1, 0.15) is 12.7 Å². The van der Waals surface area contributed by atoms with Crippen LogP contribution < -0.4 is 0 Å². The third kappa shape index (κ3) is 1.05. The first-order chi connectivity index (χ1) is 4.25. The summed E-state index contributed by atoms with van der Waals surface area (Å²) in [4.78, 5) is 10.6. The van der Waals surface area contributed by atoms with Crippen LogP contribution in [0.25, 0.3) is 0 Å². The van der Waals surface area contributed by atoms with E-state index in [0.29, 0.717) is 6.42 Å². The summed E-state index contributed by atoms with van der Waals surface area (Å²) in [5.74, 6) is -0.532. The van der Waals surface area contributed by atoms with Crippen LogP contribution in [0.3, 0.4) is 0 Å². The molecule has 52 valence electrons. The zero-order chi connectivity index (χ0) is 6.85. The van der Waals surface area contributed by atoms with E-state index in [4.69, 9.17) is 5.11 Å². The van der Waals surface area contributed by atoms with Crippen molar-refractivity contribution >= 4 is 5.97 Å².